The fourth-order valence-electron chi connectivity index (χ4n) is 3.06. The van der Waals surface area contributed by atoms with Crippen molar-refractivity contribution < 1.29 is 14.0 Å². The SMILES string of the molecule is CCC(C(=O)NC)N(Cc1ccc(F)cc1)C(=O)Cc1ccc(C)c(C)c1. The zero-order valence-electron chi connectivity index (χ0n) is 16.4. The summed E-state index contributed by atoms with van der Waals surface area (Å²) in [4.78, 5) is 27.0. The van der Waals surface area contributed by atoms with Crippen LogP contribution >= 0.6 is 0 Å². The van der Waals surface area contributed by atoms with Gasteiger partial charge in [0.1, 0.15) is 11.9 Å². The molecule has 0 fully saturated rings. The van der Waals surface area contributed by atoms with Crippen molar-refractivity contribution in [3.05, 3.63) is 70.5 Å². The molecule has 5 heteroatoms. The predicted octanol–water partition coefficient (Wildman–Crippen LogP) is 3.54. The van der Waals surface area contributed by atoms with Crippen molar-refractivity contribution in [3.63, 3.8) is 0 Å². The lowest BCUT2D eigenvalue weighted by Gasteiger charge is -2.30. The molecule has 0 heterocycles. The molecule has 0 radical (unpaired) electrons. The Hall–Kier alpha value is -2.69. The first kappa shape index (κ1) is 20.6. The molecule has 0 aliphatic heterocycles. The summed E-state index contributed by atoms with van der Waals surface area (Å²) in [5.41, 5.74) is 4.00. The average molecular weight is 370 g/mol. The van der Waals surface area contributed by atoms with Crippen molar-refractivity contribution in [1.82, 2.24) is 10.2 Å². The summed E-state index contributed by atoms with van der Waals surface area (Å²) in [6.45, 7) is 6.18. The third kappa shape index (κ3) is 5.39. The van der Waals surface area contributed by atoms with E-state index in [4.69, 9.17) is 0 Å². The van der Waals surface area contributed by atoms with Gasteiger partial charge >= 0.3 is 0 Å². The number of carbonyl (C=O) groups is 2. The van der Waals surface area contributed by atoms with Crippen LogP contribution in [0.1, 0.15) is 35.6 Å². The molecule has 0 saturated heterocycles. The average Bonchev–Trinajstić information content (AvgIpc) is 2.65. The van der Waals surface area contributed by atoms with E-state index in [-0.39, 0.29) is 30.6 Å². The molecule has 2 rings (SSSR count). The van der Waals surface area contributed by atoms with Crippen molar-refractivity contribution in [1.29, 1.82) is 0 Å². The fraction of sp³-hybridized carbons (Fsp3) is 0.364. The molecule has 0 bridgehead atoms. The lowest BCUT2D eigenvalue weighted by atomic mass is 10.0. The van der Waals surface area contributed by atoms with Crippen LogP contribution in [0.25, 0.3) is 0 Å². The minimum Gasteiger partial charge on any atom is -0.357 e. The first-order chi connectivity index (χ1) is 12.8. The molecule has 144 valence electrons. The Balaban J connectivity index is 2.28. The zero-order chi connectivity index (χ0) is 20.0. The Morgan fingerprint density at radius 3 is 2.22 bits per heavy atom. The van der Waals surface area contributed by atoms with Gasteiger partial charge in [-0.25, -0.2) is 4.39 Å². The number of nitrogens with zero attached hydrogens (tertiary/aromatic N) is 1. The molecule has 1 N–H and O–H groups in total. The Morgan fingerprint density at radius 2 is 1.67 bits per heavy atom. The number of carbonyl (C=O) groups excluding carboxylic acids is 2. The molecule has 2 aromatic carbocycles. The van der Waals surface area contributed by atoms with Crippen LogP contribution in [0, 0.1) is 19.7 Å². The van der Waals surface area contributed by atoms with Crippen LogP contribution in [0.2, 0.25) is 0 Å². The molecule has 2 aromatic rings. The second-order valence-corrected chi connectivity index (χ2v) is 6.78. The Bertz CT molecular complexity index is 802. The number of amides is 2. The number of hydrogen-bond acceptors (Lipinski definition) is 2. The van der Waals surface area contributed by atoms with Crippen molar-refractivity contribution >= 4 is 11.8 Å². The molecule has 0 aliphatic carbocycles. The highest BCUT2D eigenvalue weighted by atomic mass is 19.1. The lowest BCUT2D eigenvalue weighted by molar-refractivity contribution is -0.140. The van der Waals surface area contributed by atoms with Crippen molar-refractivity contribution in [2.75, 3.05) is 7.05 Å². The van der Waals surface area contributed by atoms with Crippen LogP contribution in [0.5, 0.6) is 0 Å². The third-order valence-electron chi connectivity index (χ3n) is 4.83. The number of aryl methyl sites for hydroxylation is 2. The number of hydrogen-bond donors (Lipinski definition) is 1. The maximum atomic E-state index is 13.2. The minimum absolute atomic E-state index is 0.127. The zero-order valence-corrected chi connectivity index (χ0v) is 16.4. The highest BCUT2D eigenvalue weighted by Crippen LogP contribution is 2.16. The third-order valence-corrected chi connectivity index (χ3v) is 4.83. The standard InChI is InChI=1S/C22H27FN2O2/c1-5-20(22(27)24-4)25(14-17-8-10-19(23)11-9-17)21(26)13-18-7-6-15(2)16(3)12-18/h6-12,20H,5,13-14H2,1-4H3,(H,24,27). The quantitative estimate of drug-likeness (QED) is 0.810. The van der Waals surface area contributed by atoms with Crippen molar-refractivity contribution in [2.45, 2.75) is 46.2 Å². The smallest absolute Gasteiger partial charge is 0.242 e. The molecule has 0 saturated carbocycles. The fourth-order valence-corrected chi connectivity index (χ4v) is 3.06. The van der Waals surface area contributed by atoms with Crippen LogP contribution in [0.15, 0.2) is 42.5 Å². The van der Waals surface area contributed by atoms with Gasteiger partial charge in [0.05, 0.1) is 6.42 Å². The van der Waals surface area contributed by atoms with Gasteiger partial charge in [-0.15, -0.1) is 0 Å². The van der Waals surface area contributed by atoms with Gasteiger partial charge in [-0.05, 0) is 54.7 Å². The van der Waals surface area contributed by atoms with Crippen LogP contribution in [-0.4, -0.2) is 29.8 Å². The Labute approximate surface area is 160 Å². The van der Waals surface area contributed by atoms with Crippen LogP contribution in [-0.2, 0) is 22.6 Å². The van der Waals surface area contributed by atoms with Gasteiger partial charge in [0.15, 0.2) is 0 Å². The summed E-state index contributed by atoms with van der Waals surface area (Å²) >= 11 is 0. The topological polar surface area (TPSA) is 49.4 Å². The van der Waals surface area contributed by atoms with Gasteiger partial charge in [0.25, 0.3) is 0 Å². The molecule has 1 unspecified atom stereocenters. The lowest BCUT2D eigenvalue weighted by Crippen LogP contribution is -2.48. The highest BCUT2D eigenvalue weighted by molar-refractivity contribution is 5.88. The number of likely N-dealkylation sites (N-methyl/N-ethyl adjacent to an activating group) is 1. The number of rotatable bonds is 7. The first-order valence-corrected chi connectivity index (χ1v) is 9.17. The summed E-state index contributed by atoms with van der Waals surface area (Å²) in [6, 6.07) is 11.4. The van der Waals surface area contributed by atoms with Gasteiger partial charge in [0, 0.05) is 13.6 Å². The van der Waals surface area contributed by atoms with Crippen molar-refractivity contribution in [3.8, 4) is 0 Å². The summed E-state index contributed by atoms with van der Waals surface area (Å²) < 4.78 is 13.2. The Kier molecular flexibility index (Phi) is 7.11. The van der Waals surface area contributed by atoms with Crippen LogP contribution in [0.4, 0.5) is 4.39 Å². The molecule has 0 aromatic heterocycles. The van der Waals surface area contributed by atoms with E-state index in [1.807, 2.05) is 39.0 Å². The van der Waals surface area contributed by atoms with Crippen molar-refractivity contribution in [2.24, 2.45) is 0 Å². The minimum atomic E-state index is -0.570. The highest BCUT2D eigenvalue weighted by Gasteiger charge is 2.28. The maximum Gasteiger partial charge on any atom is 0.242 e. The van der Waals surface area contributed by atoms with Gasteiger partial charge in [-0.3, -0.25) is 9.59 Å². The van der Waals surface area contributed by atoms with E-state index in [0.717, 1.165) is 16.7 Å². The molecular weight excluding hydrogens is 343 g/mol. The number of nitrogens with one attached hydrogen (secondary N) is 1. The van der Waals surface area contributed by atoms with E-state index >= 15 is 0 Å². The molecule has 1 atom stereocenters. The molecule has 27 heavy (non-hydrogen) atoms. The summed E-state index contributed by atoms with van der Waals surface area (Å²) in [5, 5.41) is 2.63. The van der Waals surface area contributed by atoms with Gasteiger partial charge in [0.2, 0.25) is 11.8 Å². The molecule has 2 amide bonds. The molecular formula is C22H27FN2O2. The molecule has 0 aliphatic rings. The van der Waals surface area contributed by atoms with E-state index in [0.29, 0.717) is 6.42 Å². The predicted molar refractivity (Wildman–Crippen MR) is 105 cm³/mol. The monoisotopic (exact) mass is 370 g/mol. The Morgan fingerprint density at radius 1 is 1.04 bits per heavy atom. The number of halogens is 1. The number of benzene rings is 2. The molecule has 0 spiro atoms. The second-order valence-electron chi connectivity index (χ2n) is 6.78. The summed E-state index contributed by atoms with van der Waals surface area (Å²) in [5.74, 6) is -0.656. The largest absolute Gasteiger partial charge is 0.357 e. The van der Waals surface area contributed by atoms with E-state index in [2.05, 4.69) is 5.32 Å². The maximum absolute atomic E-state index is 13.2. The second kappa shape index (κ2) is 9.31. The van der Waals surface area contributed by atoms with Gasteiger partial charge < -0.3 is 10.2 Å². The van der Waals surface area contributed by atoms with E-state index in [1.165, 1.54) is 17.7 Å². The summed E-state index contributed by atoms with van der Waals surface area (Å²) in [6.07, 6.45) is 0.718. The van der Waals surface area contributed by atoms with Gasteiger partial charge in [-0.1, -0.05) is 37.3 Å². The van der Waals surface area contributed by atoms with E-state index < -0.39 is 6.04 Å². The van der Waals surface area contributed by atoms with Crippen LogP contribution < -0.4 is 5.32 Å². The summed E-state index contributed by atoms with van der Waals surface area (Å²) in [7, 11) is 1.56. The first-order valence-electron chi connectivity index (χ1n) is 9.17. The van der Waals surface area contributed by atoms with E-state index in [1.54, 1.807) is 24.1 Å². The normalized spacial score (nSPS) is 11.7. The van der Waals surface area contributed by atoms with E-state index in [9.17, 15) is 14.0 Å². The molecule has 4 nitrogen and oxygen atoms in total. The van der Waals surface area contributed by atoms with Crippen LogP contribution in [0.3, 0.4) is 0 Å². The van der Waals surface area contributed by atoms with Gasteiger partial charge in [-0.2, -0.15) is 0 Å².